The summed E-state index contributed by atoms with van der Waals surface area (Å²) in [4.78, 5) is 14.8. The summed E-state index contributed by atoms with van der Waals surface area (Å²) in [6.07, 6.45) is 3.93. The number of aromatic nitrogens is 1. The van der Waals surface area contributed by atoms with Crippen LogP contribution in [0.4, 0.5) is 0 Å². The lowest BCUT2D eigenvalue weighted by Crippen LogP contribution is -2.40. The molecule has 0 spiro atoms. The predicted molar refractivity (Wildman–Crippen MR) is 108 cm³/mol. The summed E-state index contributed by atoms with van der Waals surface area (Å²) >= 11 is 0. The molecule has 0 unspecified atom stereocenters. The van der Waals surface area contributed by atoms with Gasteiger partial charge in [0.15, 0.2) is 0 Å². The normalized spacial score (nSPS) is 21.1. The molecule has 3 heterocycles. The molecule has 7 nitrogen and oxygen atoms in total. The van der Waals surface area contributed by atoms with Crippen LogP contribution in [0.1, 0.15) is 53.4 Å². The third kappa shape index (κ3) is 5.16. The Morgan fingerprint density at radius 2 is 2.14 bits per heavy atom. The Morgan fingerprint density at radius 1 is 1.28 bits per heavy atom. The number of ether oxygens (including phenoxy) is 2. The number of carbonyl (C=O) groups is 1. The first-order valence-corrected chi connectivity index (χ1v) is 10.4. The van der Waals surface area contributed by atoms with Gasteiger partial charge in [-0.15, -0.1) is 0 Å². The van der Waals surface area contributed by atoms with Crippen molar-refractivity contribution in [3.05, 3.63) is 47.3 Å². The van der Waals surface area contributed by atoms with Gasteiger partial charge < -0.3 is 19.3 Å². The molecule has 2 saturated heterocycles. The Bertz CT molecular complexity index is 808. The van der Waals surface area contributed by atoms with E-state index in [1.165, 1.54) is 5.56 Å². The second-order valence-electron chi connectivity index (χ2n) is 7.91. The summed E-state index contributed by atoms with van der Waals surface area (Å²) < 4.78 is 16.1. The maximum atomic E-state index is 12.4. The lowest BCUT2D eigenvalue weighted by Gasteiger charge is -2.31. The van der Waals surface area contributed by atoms with Crippen molar-refractivity contribution in [2.75, 3.05) is 33.4 Å². The van der Waals surface area contributed by atoms with E-state index in [0.29, 0.717) is 18.3 Å². The van der Waals surface area contributed by atoms with E-state index in [-0.39, 0.29) is 11.9 Å². The quantitative estimate of drug-likeness (QED) is 0.805. The zero-order chi connectivity index (χ0) is 20.1. The van der Waals surface area contributed by atoms with Crippen LogP contribution in [-0.4, -0.2) is 55.4 Å². The van der Waals surface area contributed by atoms with Crippen molar-refractivity contribution in [2.45, 2.75) is 44.2 Å². The van der Waals surface area contributed by atoms with E-state index in [1.54, 1.807) is 13.2 Å². The van der Waals surface area contributed by atoms with Crippen LogP contribution in [0.2, 0.25) is 0 Å². The van der Waals surface area contributed by atoms with Crippen LogP contribution < -0.4 is 10.1 Å². The molecule has 0 radical (unpaired) electrons. The number of hydrogen-bond acceptors (Lipinski definition) is 6. The van der Waals surface area contributed by atoms with Gasteiger partial charge >= 0.3 is 0 Å². The molecule has 2 aliphatic heterocycles. The highest BCUT2D eigenvalue weighted by molar-refractivity contribution is 5.91. The Labute approximate surface area is 171 Å². The number of rotatable bonds is 6. The van der Waals surface area contributed by atoms with E-state index in [9.17, 15) is 4.79 Å². The minimum absolute atomic E-state index is 0.0599. The highest BCUT2D eigenvalue weighted by atomic mass is 16.5. The monoisotopic (exact) mass is 399 g/mol. The van der Waals surface area contributed by atoms with Gasteiger partial charge in [0.25, 0.3) is 5.91 Å². The predicted octanol–water partition coefficient (Wildman–Crippen LogP) is 2.97. The standard InChI is InChI=1S/C22H29N3O4/c1-27-19-6-2-4-16(12-19)14-25-9-7-17(8-10-25)20-13-21(29-24-20)22(26)23-18-5-3-11-28-15-18/h2,4,6,12-13,17-18H,3,5,7-11,14-15H2,1H3,(H,23,26)/t18-/m0/s1. The van der Waals surface area contributed by atoms with E-state index in [2.05, 4.69) is 27.5 Å². The highest BCUT2D eigenvalue weighted by Crippen LogP contribution is 2.28. The lowest BCUT2D eigenvalue weighted by molar-refractivity contribution is 0.0608. The van der Waals surface area contributed by atoms with Crippen LogP contribution in [-0.2, 0) is 11.3 Å². The van der Waals surface area contributed by atoms with Gasteiger partial charge in [-0.25, -0.2) is 0 Å². The summed E-state index contributed by atoms with van der Waals surface area (Å²) in [5.41, 5.74) is 2.14. The van der Waals surface area contributed by atoms with Crippen molar-refractivity contribution in [3.63, 3.8) is 0 Å². The van der Waals surface area contributed by atoms with Gasteiger partial charge in [-0.1, -0.05) is 17.3 Å². The van der Waals surface area contributed by atoms with Gasteiger partial charge in [0.05, 0.1) is 25.5 Å². The highest BCUT2D eigenvalue weighted by Gasteiger charge is 2.26. The molecule has 29 heavy (non-hydrogen) atoms. The van der Waals surface area contributed by atoms with Crippen molar-refractivity contribution in [1.82, 2.24) is 15.4 Å². The summed E-state index contributed by atoms with van der Waals surface area (Å²) in [6, 6.07) is 10.1. The molecule has 4 rings (SSSR count). The lowest BCUT2D eigenvalue weighted by atomic mass is 9.93. The summed E-state index contributed by atoms with van der Waals surface area (Å²) in [5.74, 6) is 1.32. The zero-order valence-electron chi connectivity index (χ0n) is 16.9. The second kappa shape index (κ2) is 9.41. The van der Waals surface area contributed by atoms with Crippen molar-refractivity contribution < 1.29 is 18.8 Å². The molecule has 1 aromatic carbocycles. The number of benzene rings is 1. The molecule has 1 amide bonds. The Hall–Kier alpha value is -2.38. The van der Waals surface area contributed by atoms with Crippen molar-refractivity contribution in [1.29, 1.82) is 0 Å². The molecule has 156 valence electrons. The van der Waals surface area contributed by atoms with Gasteiger partial charge in [0.1, 0.15) is 5.75 Å². The van der Waals surface area contributed by atoms with E-state index >= 15 is 0 Å². The van der Waals surface area contributed by atoms with Crippen LogP contribution in [0.15, 0.2) is 34.9 Å². The molecule has 2 aliphatic rings. The van der Waals surface area contributed by atoms with Crippen LogP contribution in [0.25, 0.3) is 0 Å². The van der Waals surface area contributed by atoms with E-state index < -0.39 is 0 Å². The number of carbonyl (C=O) groups excluding carboxylic acids is 1. The SMILES string of the molecule is COc1cccc(CN2CCC(c3cc(C(=O)N[C@H]4CCCOC4)on3)CC2)c1. The summed E-state index contributed by atoms with van der Waals surface area (Å²) in [6.45, 7) is 4.25. The van der Waals surface area contributed by atoms with E-state index in [1.807, 2.05) is 12.1 Å². The third-order valence-corrected chi connectivity index (χ3v) is 5.79. The van der Waals surface area contributed by atoms with E-state index in [0.717, 1.165) is 63.4 Å². The van der Waals surface area contributed by atoms with E-state index in [4.69, 9.17) is 14.0 Å². The number of piperidine rings is 1. The molecule has 2 aromatic rings. The van der Waals surface area contributed by atoms with Gasteiger partial charge in [-0.3, -0.25) is 9.69 Å². The van der Waals surface area contributed by atoms with Crippen molar-refractivity contribution in [2.24, 2.45) is 0 Å². The fraction of sp³-hybridized carbons (Fsp3) is 0.545. The van der Waals surface area contributed by atoms with Crippen molar-refractivity contribution >= 4 is 5.91 Å². The number of nitrogens with zero attached hydrogens (tertiary/aromatic N) is 2. The molecule has 0 bridgehead atoms. The first-order valence-electron chi connectivity index (χ1n) is 10.4. The minimum Gasteiger partial charge on any atom is -0.497 e. The number of amides is 1. The van der Waals surface area contributed by atoms with Gasteiger partial charge in [0.2, 0.25) is 5.76 Å². The molecule has 1 atom stereocenters. The van der Waals surface area contributed by atoms with Gasteiger partial charge in [0, 0.05) is 25.1 Å². The maximum Gasteiger partial charge on any atom is 0.290 e. The van der Waals surface area contributed by atoms with Crippen LogP contribution in [0, 0.1) is 0 Å². The molecule has 1 aromatic heterocycles. The fourth-order valence-corrected chi connectivity index (χ4v) is 4.12. The topological polar surface area (TPSA) is 76.8 Å². The first kappa shape index (κ1) is 19.9. The van der Waals surface area contributed by atoms with Crippen LogP contribution in [0.3, 0.4) is 0 Å². The summed E-state index contributed by atoms with van der Waals surface area (Å²) in [5, 5.41) is 7.16. The maximum absolute atomic E-state index is 12.4. The second-order valence-corrected chi connectivity index (χ2v) is 7.91. The Balaban J connectivity index is 1.28. The average Bonchev–Trinajstić information content (AvgIpc) is 3.26. The minimum atomic E-state index is -0.199. The molecule has 1 N–H and O–H groups in total. The number of likely N-dealkylation sites (tertiary alicyclic amines) is 1. The first-order chi connectivity index (χ1) is 14.2. The summed E-state index contributed by atoms with van der Waals surface area (Å²) in [7, 11) is 1.69. The van der Waals surface area contributed by atoms with Crippen LogP contribution in [0.5, 0.6) is 5.75 Å². The average molecular weight is 399 g/mol. The molecule has 0 saturated carbocycles. The number of nitrogens with one attached hydrogen (secondary N) is 1. The van der Waals surface area contributed by atoms with Crippen molar-refractivity contribution in [3.8, 4) is 5.75 Å². The molecule has 7 heteroatoms. The molecular weight excluding hydrogens is 370 g/mol. The van der Waals surface area contributed by atoms with Gasteiger partial charge in [-0.2, -0.15) is 0 Å². The van der Waals surface area contributed by atoms with Crippen LogP contribution >= 0.6 is 0 Å². The largest absolute Gasteiger partial charge is 0.497 e. The third-order valence-electron chi connectivity index (χ3n) is 5.79. The fourth-order valence-electron chi connectivity index (χ4n) is 4.12. The smallest absolute Gasteiger partial charge is 0.290 e. The Morgan fingerprint density at radius 3 is 2.90 bits per heavy atom. The molecular formula is C22H29N3O4. The van der Waals surface area contributed by atoms with Gasteiger partial charge in [-0.05, 0) is 56.5 Å². The number of hydrogen-bond donors (Lipinski definition) is 1. The molecule has 0 aliphatic carbocycles. The zero-order valence-corrected chi connectivity index (χ0v) is 16.9. The number of methoxy groups -OCH3 is 1. The molecule has 2 fully saturated rings. The Kier molecular flexibility index (Phi) is 6.46.